The highest BCUT2D eigenvalue weighted by Gasteiger charge is 2.63. The smallest absolute Gasteiger partial charge is 0.233 e. The zero-order chi connectivity index (χ0) is 10.9. The number of rotatable bonds is 5. The van der Waals surface area contributed by atoms with Crippen molar-refractivity contribution < 1.29 is 9.59 Å². The molecule has 0 saturated heterocycles. The number of carbonyl (C=O) groups excluding carboxylic acids is 2. The van der Waals surface area contributed by atoms with Gasteiger partial charge in [-0.1, -0.05) is 20.3 Å². The normalized spacial score (nSPS) is 23.5. The van der Waals surface area contributed by atoms with Crippen molar-refractivity contribution >= 4 is 11.8 Å². The number of hydrogen-bond acceptors (Lipinski definition) is 2. The molecule has 1 unspecified atom stereocenters. The highest BCUT2D eigenvalue weighted by molar-refractivity contribution is 6.07. The van der Waals surface area contributed by atoms with Crippen LogP contribution in [0.4, 0.5) is 0 Å². The predicted molar refractivity (Wildman–Crippen MR) is 53.0 cm³/mol. The molecule has 0 radical (unpaired) electrons. The first-order valence-electron chi connectivity index (χ1n) is 5.01. The Morgan fingerprint density at radius 3 is 2.14 bits per heavy atom. The van der Waals surface area contributed by atoms with E-state index in [2.05, 4.69) is 13.8 Å². The van der Waals surface area contributed by atoms with E-state index in [-0.39, 0.29) is 5.92 Å². The molecule has 14 heavy (non-hydrogen) atoms. The summed E-state index contributed by atoms with van der Waals surface area (Å²) in [6, 6.07) is 0. The second kappa shape index (κ2) is 3.59. The maximum Gasteiger partial charge on any atom is 0.233 e. The third-order valence-electron chi connectivity index (χ3n) is 3.08. The van der Waals surface area contributed by atoms with Gasteiger partial charge in [-0.15, -0.1) is 0 Å². The van der Waals surface area contributed by atoms with E-state index in [1.54, 1.807) is 0 Å². The van der Waals surface area contributed by atoms with Crippen LogP contribution in [0.3, 0.4) is 0 Å². The van der Waals surface area contributed by atoms with Gasteiger partial charge in [-0.25, -0.2) is 0 Å². The molecule has 4 nitrogen and oxygen atoms in total. The van der Waals surface area contributed by atoms with Gasteiger partial charge in [0, 0.05) is 0 Å². The summed E-state index contributed by atoms with van der Waals surface area (Å²) in [5.41, 5.74) is 9.36. The van der Waals surface area contributed by atoms with Gasteiger partial charge >= 0.3 is 0 Å². The van der Waals surface area contributed by atoms with Crippen LogP contribution in [0.25, 0.3) is 0 Å². The number of amides is 2. The summed E-state index contributed by atoms with van der Waals surface area (Å²) in [7, 11) is 0. The average molecular weight is 198 g/mol. The van der Waals surface area contributed by atoms with Crippen LogP contribution >= 0.6 is 0 Å². The molecule has 0 bridgehead atoms. The van der Waals surface area contributed by atoms with Crippen LogP contribution in [0.15, 0.2) is 0 Å². The van der Waals surface area contributed by atoms with E-state index < -0.39 is 17.2 Å². The lowest BCUT2D eigenvalue weighted by molar-refractivity contribution is -0.134. The lowest BCUT2D eigenvalue weighted by Gasteiger charge is -2.09. The van der Waals surface area contributed by atoms with Crippen LogP contribution < -0.4 is 11.5 Å². The molecular formula is C10H18N2O2. The van der Waals surface area contributed by atoms with E-state index in [1.165, 1.54) is 0 Å². The molecule has 0 spiro atoms. The minimum atomic E-state index is -1.02. The Morgan fingerprint density at radius 2 is 1.86 bits per heavy atom. The summed E-state index contributed by atoms with van der Waals surface area (Å²) < 4.78 is 0. The van der Waals surface area contributed by atoms with Crippen molar-refractivity contribution in [3.05, 3.63) is 0 Å². The van der Waals surface area contributed by atoms with E-state index in [9.17, 15) is 9.59 Å². The first kappa shape index (κ1) is 11.0. The van der Waals surface area contributed by atoms with Crippen molar-refractivity contribution in [2.45, 2.75) is 33.1 Å². The monoisotopic (exact) mass is 198 g/mol. The van der Waals surface area contributed by atoms with Crippen molar-refractivity contribution in [2.75, 3.05) is 0 Å². The van der Waals surface area contributed by atoms with Crippen LogP contribution in [0.5, 0.6) is 0 Å². The molecule has 4 N–H and O–H groups in total. The van der Waals surface area contributed by atoms with Crippen molar-refractivity contribution in [2.24, 2.45) is 28.7 Å². The summed E-state index contributed by atoms with van der Waals surface area (Å²) in [5.74, 6) is -0.452. The fraction of sp³-hybridized carbons (Fsp3) is 0.800. The number of primary amides is 2. The predicted octanol–water partition coefficient (Wildman–Crippen LogP) is 0.399. The fourth-order valence-electron chi connectivity index (χ4n) is 1.94. The molecule has 0 aromatic carbocycles. The highest BCUT2D eigenvalue weighted by atomic mass is 16.2. The van der Waals surface area contributed by atoms with Crippen molar-refractivity contribution in [3.63, 3.8) is 0 Å². The molecule has 2 amide bonds. The maximum absolute atomic E-state index is 11.1. The minimum absolute atomic E-state index is 0.0832. The van der Waals surface area contributed by atoms with Crippen LogP contribution in [-0.2, 0) is 9.59 Å². The molecule has 1 aliphatic rings. The van der Waals surface area contributed by atoms with E-state index in [0.29, 0.717) is 12.3 Å². The fourth-order valence-corrected chi connectivity index (χ4v) is 1.94. The second-order valence-electron chi connectivity index (χ2n) is 4.57. The molecule has 0 aliphatic heterocycles. The Kier molecular flexibility index (Phi) is 2.83. The summed E-state index contributed by atoms with van der Waals surface area (Å²) in [6.45, 7) is 4.22. The molecule has 1 rings (SSSR count). The van der Waals surface area contributed by atoms with Crippen molar-refractivity contribution in [1.29, 1.82) is 0 Å². The first-order chi connectivity index (χ1) is 6.41. The lowest BCUT2D eigenvalue weighted by atomic mass is 9.97. The van der Waals surface area contributed by atoms with Gasteiger partial charge in [-0.05, 0) is 24.7 Å². The second-order valence-corrected chi connectivity index (χ2v) is 4.57. The van der Waals surface area contributed by atoms with Crippen molar-refractivity contribution in [3.8, 4) is 0 Å². The van der Waals surface area contributed by atoms with E-state index >= 15 is 0 Å². The van der Waals surface area contributed by atoms with Gasteiger partial charge < -0.3 is 11.5 Å². The van der Waals surface area contributed by atoms with Gasteiger partial charge in [-0.2, -0.15) is 0 Å². The molecule has 4 heteroatoms. The average Bonchev–Trinajstić information content (AvgIpc) is 2.75. The summed E-state index contributed by atoms with van der Waals surface area (Å²) >= 11 is 0. The standard InChI is InChI=1S/C10H18N2O2/c1-6(2)3-4-7-5-10(7,8(11)13)9(12)14/h6-7H,3-5H2,1-2H3,(H2,11,13)(H2,12,14). The number of hydrogen-bond donors (Lipinski definition) is 2. The quantitative estimate of drug-likeness (QED) is 0.626. The maximum atomic E-state index is 11.1. The molecule has 80 valence electrons. The van der Waals surface area contributed by atoms with Gasteiger partial charge in [-0.3, -0.25) is 9.59 Å². The number of carbonyl (C=O) groups is 2. The zero-order valence-electron chi connectivity index (χ0n) is 8.75. The molecule has 1 aliphatic carbocycles. The SMILES string of the molecule is CC(C)CCC1CC1(C(N)=O)C(N)=O. The molecule has 1 atom stereocenters. The third-order valence-corrected chi connectivity index (χ3v) is 3.08. The Hall–Kier alpha value is -1.06. The lowest BCUT2D eigenvalue weighted by Crippen LogP contribution is -2.38. The molecule has 0 aromatic rings. The number of nitrogens with two attached hydrogens (primary N) is 2. The van der Waals surface area contributed by atoms with Gasteiger partial charge in [0.05, 0.1) is 0 Å². The summed E-state index contributed by atoms with van der Waals surface area (Å²) in [6.07, 6.45) is 2.42. The van der Waals surface area contributed by atoms with Crippen LogP contribution in [-0.4, -0.2) is 11.8 Å². The van der Waals surface area contributed by atoms with Crippen LogP contribution in [0.1, 0.15) is 33.1 Å². The Labute approximate surface area is 84.0 Å². The molecular weight excluding hydrogens is 180 g/mol. The highest BCUT2D eigenvalue weighted by Crippen LogP contribution is 2.54. The zero-order valence-corrected chi connectivity index (χ0v) is 8.75. The summed E-state index contributed by atoms with van der Waals surface area (Å²) in [5, 5.41) is 0. The van der Waals surface area contributed by atoms with E-state index in [4.69, 9.17) is 11.5 Å². The van der Waals surface area contributed by atoms with E-state index in [1.807, 2.05) is 0 Å². The molecule has 0 heterocycles. The molecule has 1 fully saturated rings. The van der Waals surface area contributed by atoms with Gasteiger partial charge in [0.1, 0.15) is 5.41 Å². The first-order valence-corrected chi connectivity index (χ1v) is 5.01. The van der Waals surface area contributed by atoms with E-state index in [0.717, 1.165) is 12.8 Å². The third kappa shape index (κ3) is 1.74. The minimum Gasteiger partial charge on any atom is -0.369 e. The Bertz CT molecular complexity index is 247. The molecule has 0 aromatic heterocycles. The van der Waals surface area contributed by atoms with Crippen molar-refractivity contribution in [1.82, 2.24) is 0 Å². The van der Waals surface area contributed by atoms with Gasteiger partial charge in [0.2, 0.25) is 11.8 Å². The summed E-state index contributed by atoms with van der Waals surface area (Å²) in [4.78, 5) is 22.2. The van der Waals surface area contributed by atoms with Crippen LogP contribution in [0, 0.1) is 17.3 Å². The Morgan fingerprint density at radius 1 is 1.36 bits per heavy atom. The van der Waals surface area contributed by atoms with Crippen LogP contribution in [0.2, 0.25) is 0 Å². The van der Waals surface area contributed by atoms with Gasteiger partial charge in [0.25, 0.3) is 0 Å². The molecule has 1 saturated carbocycles. The topological polar surface area (TPSA) is 86.2 Å². The largest absolute Gasteiger partial charge is 0.369 e. The Balaban J connectivity index is 2.54. The van der Waals surface area contributed by atoms with Gasteiger partial charge in [0.15, 0.2) is 0 Å².